The third-order valence-electron chi connectivity index (χ3n) is 6.10. The summed E-state index contributed by atoms with van der Waals surface area (Å²) >= 11 is 0. The fourth-order valence-corrected chi connectivity index (χ4v) is 4.71. The summed E-state index contributed by atoms with van der Waals surface area (Å²) in [5.74, 6) is 0.836. The molecule has 0 radical (unpaired) electrons. The van der Waals surface area contributed by atoms with Gasteiger partial charge < -0.3 is 10.0 Å². The largest absolute Gasteiger partial charge is 0.391 e. The van der Waals surface area contributed by atoms with E-state index in [1.165, 1.54) is 51.7 Å². The Bertz CT molecular complexity index is 331. The average Bonchev–Trinajstić information content (AvgIpc) is 2.64. The fraction of sp³-hybridized carbons (Fsp3) is 1.00. The Morgan fingerprint density at radius 3 is 2.53 bits per heavy atom. The fourth-order valence-electron chi connectivity index (χ4n) is 4.71. The van der Waals surface area contributed by atoms with Gasteiger partial charge in [0.15, 0.2) is 0 Å². The molecule has 3 fully saturated rings. The van der Waals surface area contributed by atoms with Crippen molar-refractivity contribution in [2.75, 3.05) is 26.7 Å². The van der Waals surface area contributed by atoms with E-state index in [2.05, 4.69) is 30.7 Å². The third-order valence-corrected chi connectivity index (χ3v) is 6.10. The van der Waals surface area contributed by atoms with Gasteiger partial charge in [0.25, 0.3) is 0 Å². The maximum Gasteiger partial charge on any atom is 0.0746 e. The van der Waals surface area contributed by atoms with Gasteiger partial charge in [-0.3, -0.25) is 4.90 Å². The minimum Gasteiger partial charge on any atom is -0.391 e. The summed E-state index contributed by atoms with van der Waals surface area (Å²) in [6, 6.07) is 1.22. The molecular weight excluding hydrogens is 236 g/mol. The number of hydrogen-bond donors (Lipinski definition) is 1. The normalized spacial score (nSPS) is 44.2. The lowest BCUT2D eigenvalue weighted by molar-refractivity contribution is -0.0277. The molecule has 3 nitrogen and oxygen atoms in total. The number of piperidine rings is 2. The van der Waals surface area contributed by atoms with Gasteiger partial charge in [0.05, 0.1) is 6.10 Å². The number of rotatable bonds is 1. The van der Waals surface area contributed by atoms with Crippen LogP contribution in [0.3, 0.4) is 0 Å². The summed E-state index contributed by atoms with van der Waals surface area (Å²) < 4.78 is 0. The van der Waals surface area contributed by atoms with Gasteiger partial charge in [-0.05, 0) is 57.0 Å². The molecule has 1 N–H and O–H groups in total. The zero-order valence-corrected chi connectivity index (χ0v) is 12.8. The summed E-state index contributed by atoms with van der Waals surface area (Å²) in [6.45, 7) is 8.12. The van der Waals surface area contributed by atoms with E-state index < -0.39 is 0 Å². The molecule has 4 unspecified atom stereocenters. The minimum atomic E-state index is -0.134. The standard InChI is InChI=1S/C16H30N2O/c1-16(2)8-6-14(15(16)19)18-10-7-13-12(11-18)5-4-9-17(13)3/h12-15,19H,4-11H2,1-3H3. The van der Waals surface area contributed by atoms with E-state index in [0.29, 0.717) is 6.04 Å². The van der Waals surface area contributed by atoms with Crippen LogP contribution in [0.4, 0.5) is 0 Å². The van der Waals surface area contributed by atoms with Crippen LogP contribution >= 0.6 is 0 Å². The predicted octanol–water partition coefficient (Wildman–Crippen LogP) is 1.95. The van der Waals surface area contributed by atoms with Crippen molar-refractivity contribution in [2.24, 2.45) is 11.3 Å². The molecule has 2 heterocycles. The molecule has 4 atom stereocenters. The molecule has 2 aliphatic heterocycles. The molecular formula is C16H30N2O. The van der Waals surface area contributed by atoms with Gasteiger partial charge in [-0.2, -0.15) is 0 Å². The second kappa shape index (κ2) is 5.01. The van der Waals surface area contributed by atoms with Crippen molar-refractivity contribution < 1.29 is 5.11 Å². The van der Waals surface area contributed by atoms with Gasteiger partial charge >= 0.3 is 0 Å². The van der Waals surface area contributed by atoms with Gasteiger partial charge in [-0.1, -0.05) is 13.8 Å². The van der Waals surface area contributed by atoms with Gasteiger partial charge in [0.2, 0.25) is 0 Å². The summed E-state index contributed by atoms with van der Waals surface area (Å²) in [5, 5.41) is 10.6. The van der Waals surface area contributed by atoms with Crippen molar-refractivity contribution in [2.45, 2.75) is 64.1 Å². The van der Waals surface area contributed by atoms with E-state index in [-0.39, 0.29) is 11.5 Å². The molecule has 1 saturated carbocycles. The van der Waals surface area contributed by atoms with E-state index in [4.69, 9.17) is 0 Å². The maximum absolute atomic E-state index is 10.6. The van der Waals surface area contributed by atoms with Gasteiger partial charge in [-0.15, -0.1) is 0 Å². The molecule has 0 aromatic carbocycles. The molecule has 2 saturated heterocycles. The number of nitrogens with zero attached hydrogens (tertiary/aromatic N) is 2. The van der Waals surface area contributed by atoms with Crippen molar-refractivity contribution >= 4 is 0 Å². The molecule has 0 amide bonds. The lowest BCUT2D eigenvalue weighted by Crippen LogP contribution is -2.56. The van der Waals surface area contributed by atoms with Crippen molar-refractivity contribution in [3.8, 4) is 0 Å². The third kappa shape index (κ3) is 2.45. The smallest absolute Gasteiger partial charge is 0.0746 e. The zero-order valence-electron chi connectivity index (χ0n) is 12.8. The Labute approximate surface area is 118 Å². The van der Waals surface area contributed by atoms with E-state index >= 15 is 0 Å². The Morgan fingerprint density at radius 1 is 1.05 bits per heavy atom. The maximum atomic E-state index is 10.6. The molecule has 0 aromatic rings. The van der Waals surface area contributed by atoms with Gasteiger partial charge in [0.1, 0.15) is 0 Å². The molecule has 1 aliphatic carbocycles. The van der Waals surface area contributed by atoms with Crippen LogP contribution in [0.1, 0.15) is 46.0 Å². The Hall–Kier alpha value is -0.120. The highest BCUT2D eigenvalue weighted by molar-refractivity contribution is 4.99. The number of hydrogen-bond acceptors (Lipinski definition) is 3. The summed E-state index contributed by atoms with van der Waals surface area (Å²) in [6.07, 6.45) is 6.25. The van der Waals surface area contributed by atoms with Crippen molar-refractivity contribution in [3.63, 3.8) is 0 Å². The molecule has 0 aromatic heterocycles. The van der Waals surface area contributed by atoms with Crippen LogP contribution in [-0.4, -0.2) is 59.8 Å². The quantitative estimate of drug-likeness (QED) is 0.786. The van der Waals surface area contributed by atoms with Crippen LogP contribution in [0.15, 0.2) is 0 Å². The molecule has 0 spiro atoms. The first-order chi connectivity index (χ1) is 8.99. The van der Waals surface area contributed by atoms with Gasteiger partial charge in [-0.25, -0.2) is 0 Å². The monoisotopic (exact) mass is 266 g/mol. The van der Waals surface area contributed by atoms with E-state index in [1.54, 1.807) is 0 Å². The predicted molar refractivity (Wildman–Crippen MR) is 78.1 cm³/mol. The lowest BCUT2D eigenvalue weighted by atomic mass is 9.83. The number of fused-ring (bicyclic) bond motifs is 1. The SMILES string of the molecule is CN1CCCC2CN(C3CCC(C)(C)C3O)CCC21. The highest BCUT2D eigenvalue weighted by atomic mass is 16.3. The number of aliphatic hydroxyl groups is 1. The van der Waals surface area contributed by atoms with Crippen LogP contribution in [0.25, 0.3) is 0 Å². The van der Waals surface area contributed by atoms with E-state index in [1.807, 2.05) is 0 Å². The van der Waals surface area contributed by atoms with Crippen LogP contribution in [0.5, 0.6) is 0 Å². The first kappa shape index (κ1) is 13.8. The Morgan fingerprint density at radius 2 is 1.84 bits per heavy atom. The Balaban J connectivity index is 1.65. The second-order valence-electron chi connectivity index (χ2n) is 7.77. The van der Waals surface area contributed by atoms with E-state index in [9.17, 15) is 5.11 Å². The first-order valence-corrected chi connectivity index (χ1v) is 8.11. The molecule has 3 aliphatic rings. The number of likely N-dealkylation sites (tertiary alicyclic amines) is 2. The highest BCUT2D eigenvalue weighted by Gasteiger charge is 2.45. The molecule has 0 bridgehead atoms. The lowest BCUT2D eigenvalue weighted by Gasteiger charge is -2.48. The summed E-state index contributed by atoms with van der Waals surface area (Å²) in [7, 11) is 2.29. The summed E-state index contributed by atoms with van der Waals surface area (Å²) in [5.41, 5.74) is 0.116. The average molecular weight is 266 g/mol. The van der Waals surface area contributed by atoms with Crippen molar-refractivity contribution in [1.29, 1.82) is 0 Å². The van der Waals surface area contributed by atoms with Crippen LogP contribution in [0, 0.1) is 11.3 Å². The van der Waals surface area contributed by atoms with Gasteiger partial charge in [0, 0.05) is 25.2 Å². The van der Waals surface area contributed by atoms with Crippen LogP contribution < -0.4 is 0 Å². The highest BCUT2D eigenvalue weighted by Crippen LogP contribution is 2.41. The second-order valence-corrected chi connectivity index (χ2v) is 7.77. The minimum absolute atomic E-state index is 0.116. The topological polar surface area (TPSA) is 26.7 Å². The Kier molecular flexibility index (Phi) is 3.65. The van der Waals surface area contributed by atoms with Crippen molar-refractivity contribution in [1.82, 2.24) is 9.80 Å². The molecule has 3 heteroatoms. The molecule has 110 valence electrons. The summed E-state index contributed by atoms with van der Waals surface area (Å²) in [4.78, 5) is 5.18. The molecule has 3 rings (SSSR count). The number of aliphatic hydroxyl groups excluding tert-OH is 1. The molecule has 19 heavy (non-hydrogen) atoms. The zero-order chi connectivity index (χ0) is 13.6. The van der Waals surface area contributed by atoms with Crippen molar-refractivity contribution in [3.05, 3.63) is 0 Å². The first-order valence-electron chi connectivity index (χ1n) is 8.11. The van der Waals surface area contributed by atoms with Crippen LogP contribution in [-0.2, 0) is 0 Å². The van der Waals surface area contributed by atoms with Crippen LogP contribution in [0.2, 0.25) is 0 Å². The van der Waals surface area contributed by atoms with E-state index in [0.717, 1.165) is 12.0 Å².